The summed E-state index contributed by atoms with van der Waals surface area (Å²) in [5, 5.41) is 0.447. The summed E-state index contributed by atoms with van der Waals surface area (Å²) >= 11 is 0. The van der Waals surface area contributed by atoms with Crippen molar-refractivity contribution in [2.24, 2.45) is 0 Å². The molecule has 174 valence electrons. The number of piperazine rings is 1. The summed E-state index contributed by atoms with van der Waals surface area (Å²) in [5.74, 6) is 1.08. The molecule has 11 heteroatoms. The van der Waals surface area contributed by atoms with Gasteiger partial charge in [0, 0.05) is 38.8 Å². The first-order chi connectivity index (χ1) is 15.9. The first-order valence-corrected chi connectivity index (χ1v) is 12.2. The van der Waals surface area contributed by atoms with Crippen LogP contribution in [0.15, 0.2) is 46.1 Å². The van der Waals surface area contributed by atoms with Gasteiger partial charge in [-0.15, -0.1) is 0 Å². The Labute approximate surface area is 190 Å². The standard InChI is InChI=1S/C22H23FN4O5S/c1-2-27-21(28)17-13-19-20(32-12-11-31-19)14-18(17)24-22(27)25-7-9-26(10-8-25)33(29,30)16-5-3-15(23)4-6-16/h3-6,13-14H,2,7-12H2,1H3. The third kappa shape index (κ3) is 3.80. The van der Waals surface area contributed by atoms with Crippen molar-refractivity contribution in [2.75, 3.05) is 44.3 Å². The SMILES string of the molecule is CCn1c(N2CCN(S(=O)(=O)c3ccc(F)cc3)CC2)nc2cc3c(cc2c1=O)OCCO3. The second-order valence-corrected chi connectivity index (χ2v) is 9.76. The van der Waals surface area contributed by atoms with Gasteiger partial charge >= 0.3 is 0 Å². The van der Waals surface area contributed by atoms with Gasteiger partial charge in [-0.2, -0.15) is 4.31 Å². The minimum absolute atomic E-state index is 0.0543. The lowest BCUT2D eigenvalue weighted by molar-refractivity contribution is 0.172. The number of rotatable bonds is 4. The molecule has 0 bridgehead atoms. The largest absolute Gasteiger partial charge is 0.486 e. The fraction of sp³-hybridized carbons (Fsp3) is 0.364. The van der Waals surface area contributed by atoms with Gasteiger partial charge in [-0.3, -0.25) is 9.36 Å². The topological polar surface area (TPSA) is 94.0 Å². The van der Waals surface area contributed by atoms with Crippen molar-refractivity contribution in [1.82, 2.24) is 13.9 Å². The van der Waals surface area contributed by atoms with Crippen molar-refractivity contribution in [3.63, 3.8) is 0 Å². The predicted octanol–water partition coefficient (Wildman–Crippen LogP) is 1.84. The third-order valence-corrected chi connectivity index (χ3v) is 7.80. The predicted molar refractivity (Wildman–Crippen MR) is 120 cm³/mol. The smallest absolute Gasteiger partial charge is 0.262 e. The molecule has 5 rings (SSSR count). The van der Waals surface area contributed by atoms with Crippen LogP contribution in [0.1, 0.15) is 6.92 Å². The summed E-state index contributed by atoms with van der Waals surface area (Å²) in [5.41, 5.74) is 0.321. The van der Waals surface area contributed by atoms with E-state index in [1.807, 2.05) is 11.8 Å². The summed E-state index contributed by atoms with van der Waals surface area (Å²) in [6, 6.07) is 8.18. The number of ether oxygens (including phenoxy) is 2. The average molecular weight is 475 g/mol. The molecule has 0 N–H and O–H groups in total. The van der Waals surface area contributed by atoms with Gasteiger partial charge in [0.15, 0.2) is 11.5 Å². The second kappa shape index (κ2) is 8.31. The molecule has 9 nitrogen and oxygen atoms in total. The Morgan fingerprint density at radius 1 is 1.00 bits per heavy atom. The van der Waals surface area contributed by atoms with E-state index in [2.05, 4.69) is 0 Å². The average Bonchev–Trinajstić information content (AvgIpc) is 2.83. The fourth-order valence-corrected chi connectivity index (χ4v) is 5.58. The van der Waals surface area contributed by atoms with E-state index in [9.17, 15) is 17.6 Å². The molecule has 0 saturated carbocycles. The van der Waals surface area contributed by atoms with Gasteiger partial charge in [0.2, 0.25) is 16.0 Å². The number of hydrogen-bond acceptors (Lipinski definition) is 7. The zero-order valence-electron chi connectivity index (χ0n) is 18.0. The molecule has 3 heterocycles. The number of aromatic nitrogens is 2. The first kappa shape index (κ1) is 21.7. The van der Waals surface area contributed by atoms with Crippen LogP contribution in [-0.2, 0) is 16.6 Å². The van der Waals surface area contributed by atoms with Crippen molar-refractivity contribution in [2.45, 2.75) is 18.4 Å². The summed E-state index contributed by atoms with van der Waals surface area (Å²) in [7, 11) is -3.73. The zero-order chi connectivity index (χ0) is 23.2. The van der Waals surface area contributed by atoms with Gasteiger partial charge in [-0.1, -0.05) is 0 Å². The van der Waals surface area contributed by atoms with Gasteiger partial charge in [0.25, 0.3) is 5.56 Å². The van der Waals surface area contributed by atoms with Gasteiger partial charge in [-0.25, -0.2) is 17.8 Å². The number of halogens is 1. The Bertz CT molecular complexity index is 1370. The zero-order valence-corrected chi connectivity index (χ0v) is 18.8. The molecule has 0 spiro atoms. The van der Waals surface area contributed by atoms with Crippen LogP contribution in [0, 0.1) is 5.82 Å². The summed E-state index contributed by atoms with van der Waals surface area (Å²) in [4.78, 5) is 19.9. The normalized spacial score (nSPS) is 16.8. The molecule has 1 saturated heterocycles. The van der Waals surface area contributed by atoms with Gasteiger partial charge in [-0.05, 0) is 37.3 Å². The third-order valence-electron chi connectivity index (χ3n) is 5.89. The Hall–Kier alpha value is -3.18. The minimum atomic E-state index is -3.73. The Kier molecular flexibility index (Phi) is 5.45. The van der Waals surface area contributed by atoms with Gasteiger partial charge in [0.05, 0.1) is 15.8 Å². The molecule has 1 aromatic heterocycles. The van der Waals surface area contributed by atoms with Crippen LogP contribution in [-0.4, -0.2) is 61.7 Å². The van der Waals surface area contributed by atoms with E-state index in [0.29, 0.717) is 61.2 Å². The highest BCUT2D eigenvalue weighted by molar-refractivity contribution is 7.89. The highest BCUT2D eigenvalue weighted by Gasteiger charge is 2.30. The van der Waals surface area contributed by atoms with Gasteiger partial charge < -0.3 is 14.4 Å². The molecule has 33 heavy (non-hydrogen) atoms. The molecule has 3 aromatic rings. The van der Waals surface area contributed by atoms with E-state index in [1.54, 1.807) is 16.7 Å². The molecule has 0 radical (unpaired) electrons. The maximum absolute atomic E-state index is 13.2. The lowest BCUT2D eigenvalue weighted by atomic mass is 10.2. The molecule has 2 aromatic carbocycles. The van der Waals surface area contributed by atoms with Crippen molar-refractivity contribution in [3.8, 4) is 11.5 Å². The second-order valence-electron chi connectivity index (χ2n) is 7.82. The number of benzene rings is 2. The molecule has 0 unspecified atom stereocenters. The van der Waals surface area contributed by atoms with Crippen LogP contribution in [0.5, 0.6) is 11.5 Å². The fourth-order valence-electron chi connectivity index (χ4n) is 4.16. The Morgan fingerprint density at radius 3 is 2.27 bits per heavy atom. The number of anilines is 1. The van der Waals surface area contributed by atoms with E-state index in [4.69, 9.17) is 14.5 Å². The molecular formula is C22H23FN4O5S. The number of nitrogens with zero attached hydrogens (tertiary/aromatic N) is 4. The van der Waals surface area contributed by atoms with Crippen LogP contribution in [0.25, 0.3) is 10.9 Å². The van der Waals surface area contributed by atoms with E-state index >= 15 is 0 Å². The molecule has 1 fully saturated rings. The molecule has 2 aliphatic heterocycles. The van der Waals surface area contributed by atoms with Crippen molar-refractivity contribution >= 4 is 26.9 Å². The maximum Gasteiger partial charge on any atom is 0.262 e. The number of fused-ring (bicyclic) bond motifs is 2. The maximum atomic E-state index is 13.2. The van der Waals surface area contributed by atoms with Crippen LogP contribution in [0.2, 0.25) is 0 Å². The monoisotopic (exact) mass is 474 g/mol. The molecule has 0 amide bonds. The first-order valence-electron chi connectivity index (χ1n) is 10.7. The van der Waals surface area contributed by atoms with Crippen molar-refractivity contribution < 1.29 is 22.3 Å². The minimum Gasteiger partial charge on any atom is -0.486 e. The van der Waals surface area contributed by atoms with E-state index in [1.165, 1.54) is 16.4 Å². The highest BCUT2D eigenvalue weighted by Crippen LogP contribution is 2.33. The Balaban J connectivity index is 1.44. The lowest BCUT2D eigenvalue weighted by Gasteiger charge is -2.35. The molecule has 0 atom stereocenters. The molecule has 0 aliphatic carbocycles. The quantitative estimate of drug-likeness (QED) is 0.570. The van der Waals surface area contributed by atoms with Crippen LogP contribution >= 0.6 is 0 Å². The molecular weight excluding hydrogens is 451 g/mol. The highest BCUT2D eigenvalue weighted by atomic mass is 32.2. The Morgan fingerprint density at radius 2 is 1.64 bits per heavy atom. The van der Waals surface area contributed by atoms with Crippen LogP contribution in [0.4, 0.5) is 10.3 Å². The van der Waals surface area contributed by atoms with E-state index in [-0.39, 0.29) is 23.5 Å². The van der Waals surface area contributed by atoms with Crippen molar-refractivity contribution in [3.05, 3.63) is 52.6 Å². The van der Waals surface area contributed by atoms with E-state index < -0.39 is 15.8 Å². The number of sulfonamides is 1. The molecule has 2 aliphatic rings. The summed E-state index contributed by atoms with van der Waals surface area (Å²) in [6.07, 6.45) is 0. The van der Waals surface area contributed by atoms with Crippen molar-refractivity contribution in [1.29, 1.82) is 0 Å². The van der Waals surface area contributed by atoms with Crippen LogP contribution < -0.4 is 19.9 Å². The number of hydrogen-bond donors (Lipinski definition) is 0. The van der Waals surface area contributed by atoms with Crippen LogP contribution in [0.3, 0.4) is 0 Å². The van der Waals surface area contributed by atoms with E-state index in [0.717, 1.165) is 12.1 Å². The lowest BCUT2D eigenvalue weighted by Crippen LogP contribution is -2.50. The summed E-state index contributed by atoms with van der Waals surface area (Å²) < 4.78 is 53.2. The summed E-state index contributed by atoms with van der Waals surface area (Å²) in [6.45, 7) is 4.31. The van der Waals surface area contributed by atoms with Gasteiger partial charge in [0.1, 0.15) is 19.0 Å².